The molecule has 7 nitrogen and oxygen atoms in total. The predicted molar refractivity (Wildman–Crippen MR) is 88.1 cm³/mol. The zero-order chi connectivity index (χ0) is 16.1. The van der Waals surface area contributed by atoms with E-state index in [-0.39, 0.29) is 5.91 Å². The molecular formula is C17H21N5O2. The number of amides is 1. The maximum atomic E-state index is 12.3. The summed E-state index contributed by atoms with van der Waals surface area (Å²) in [5.74, 6) is 1.50. The first-order valence-electron chi connectivity index (χ1n) is 8.79. The predicted octanol–water partition coefficient (Wildman–Crippen LogP) is 1.09. The van der Waals surface area contributed by atoms with Crippen molar-refractivity contribution in [3.05, 3.63) is 24.2 Å². The van der Waals surface area contributed by atoms with Crippen molar-refractivity contribution in [2.24, 2.45) is 0 Å². The number of morpholine rings is 1. The number of nitrogens with one attached hydrogen (secondary N) is 1. The topological polar surface area (TPSA) is 71.8 Å². The van der Waals surface area contributed by atoms with Crippen molar-refractivity contribution >= 4 is 17.2 Å². The van der Waals surface area contributed by atoms with Crippen molar-refractivity contribution in [2.45, 2.75) is 43.7 Å². The van der Waals surface area contributed by atoms with Crippen LogP contribution in [0.1, 0.15) is 37.3 Å². The Hall–Kier alpha value is -2.15. The average Bonchev–Trinajstić information content (AvgIpc) is 3.53. The van der Waals surface area contributed by atoms with Crippen LogP contribution in [0, 0.1) is 0 Å². The minimum absolute atomic E-state index is 0.00123. The van der Waals surface area contributed by atoms with Gasteiger partial charge in [0, 0.05) is 30.9 Å². The van der Waals surface area contributed by atoms with E-state index in [4.69, 9.17) is 4.74 Å². The number of carbonyl (C=O) groups is 1. The van der Waals surface area contributed by atoms with Gasteiger partial charge in [-0.25, -0.2) is 9.50 Å². The van der Waals surface area contributed by atoms with Gasteiger partial charge in [0.1, 0.15) is 5.52 Å². The molecule has 1 aliphatic heterocycles. The van der Waals surface area contributed by atoms with Gasteiger partial charge in [0.25, 0.3) is 5.91 Å². The monoisotopic (exact) mass is 327 g/mol. The van der Waals surface area contributed by atoms with Gasteiger partial charge in [0.05, 0.1) is 18.8 Å². The molecule has 3 aliphatic rings. The highest BCUT2D eigenvalue weighted by molar-refractivity contribution is 5.82. The van der Waals surface area contributed by atoms with Crippen LogP contribution in [0.2, 0.25) is 0 Å². The summed E-state index contributed by atoms with van der Waals surface area (Å²) in [5.41, 5.74) is 2.17. The molecule has 5 rings (SSSR count). The number of aromatic nitrogens is 3. The lowest BCUT2D eigenvalue weighted by atomic mass is 10.2. The molecule has 3 fully saturated rings. The maximum absolute atomic E-state index is 12.3. The van der Waals surface area contributed by atoms with Crippen LogP contribution in [0.3, 0.4) is 0 Å². The van der Waals surface area contributed by atoms with Crippen LogP contribution in [0.25, 0.3) is 5.52 Å². The number of rotatable bonds is 4. The lowest BCUT2D eigenvalue weighted by Gasteiger charge is -2.33. The second-order valence-electron chi connectivity index (χ2n) is 7.01. The van der Waals surface area contributed by atoms with Gasteiger partial charge in [-0.05, 0) is 31.7 Å². The van der Waals surface area contributed by atoms with Gasteiger partial charge in [-0.2, -0.15) is 5.10 Å². The fraction of sp³-hybridized carbons (Fsp3) is 0.588. The molecule has 1 amide bonds. The molecule has 0 radical (unpaired) electrons. The molecule has 0 bridgehead atoms. The van der Waals surface area contributed by atoms with Gasteiger partial charge < -0.3 is 15.0 Å². The summed E-state index contributed by atoms with van der Waals surface area (Å²) >= 11 is 0. The fourth-order valence-corrected chi connectivity index (χ4v) is 3.27. The molecule has 7 heteroatoms. The molecule has 2 saturated carbocycles. The number of anilines is 1. The second kappa shape index (κ2) is 5.44. The minimum atomic E-state index is -0.424. The van der Waals surface area contributed by atoms with Crippen molar-refractivity contribution in [3.8, 4) is 0 Å². The molecule has 1 unspecified atom stereocenters. The minimum Gasteiger partial charge on any atom is -0.365 e. The average molecular weight is 327 g/mol. The summed E-state index contributed by atoms with van der Waals surface area (Å²) in [4.78, 5) is 19.0. The largest absolute Gasteiger partial charge is 0.365 e. The summed E-state index contributed by atoms with van der Waals surface area (Å²) in [7, 11) is 0. The molecule has 126 valence electrons. The van der Waals surface area contributed by atoms with E-state index in [2.05, 4.69) is 26.4 Å². The standard InChI is InChI=1S/C17H21N5O2/c23-17(19-12-3-4-12)15-10-21(7-8-24-15)16-14-9-13(11-1-2-11)20-22(14)6-5-18-16/h5-6,9,11-12,15H,1-4,7-8,10H2,(H,19,23). The number of hydrogen-bond donors (Lipinski definition) is 1. The Morgan fingerprint density at radius 1 is 1.29 bits per heavy atom. The van der Waals surface area contributed by atoms with E-state index in [9.17, 15) is 4.79 Å². The first-order valence-corrected chi connectivity index (χ1v) is 8.79. The SMILES string of the molecule is O=C(NC1CC1)C1CN(c2nccn3nc(C4CC4)cc23)CCO1. The van der Waals surface area contributed by atoms with Gasteiger partial charge in [0.15, 0.2) is 11.9 Å². The highest BCUT2D eigenvalue weighted by Gasteiger charge is 2.33. The van der Waals surface area contributed by atoms with E-state index in [1.807, 2.05) is 10.7 Å². The first-order chi connectivity index (χ1) is 11.8. The van der Waals surface area contributed by atoms with Gasteiger partial charge in [-0.3, -0.25) is 4.79 Å². The van der Waals surface area contributed by atoms with E-state index < -0.39 is 6.10 Å². The summed E-state index contributed by atoms with van der Waals surface area (Å²) < 4.78 is 7.59. The van der Waals surface area contributed by atoms with Crippen LogP contribution in [0.4, 0.5) is 5.82 Å². The number of fused-ring (bicyclic) bond motifs is 1. The summed E-state index contributed by atoms with van der Waals surface area (Å²) in [6.45, 7) is 1.81. The van der Waals surface area contributed by atoms with Crippen molar-refractivity contribution in [1.82, 2.24) is 19.9 Å². The Balaban J connectivity index is 1.40. The van der Waals surface area contributed by atoms with E-state index in [1.54, 1.807) is 6.20 Å². The highest BCUT2D eigenvalue weighted by Crippen LogP contribution is 2.40. The lowest BCUT2D eigenvalue weighted by molar-refractivity contribution is -0.133. The third-order valence-corrected chi connectivity index (χ3v) is 4.97. The highest BCUT2D eigenvalue weighted by atomic mass is 16.5. The fourth-order valence-electron chi connectivity index (χ4n) is 3.27. The molecule has 24 heavy (non-hydrogen) atoms. The van der Waals surface area contributed by atoms with E-state index in [0.717, 1.165) is 36.4 Å². The van der Waals surface area contributed by atoms with Crippen LogP contribution < -0.4 is 10.2 Å². The molecule has 2 aromatic heterocycles. The van der Waals surface area contributed by atoms with Crippen molar-refractivity contribution in [1.29, 1.82) is 0 Å². The zero-order valence-corrected chi connectivity index (χ0v) is 13.5. The molecule has 1 saturated heterocycles. The quantitative estimate of drug-likeness (QED) is 0.910. The van der Waals surface area contributed by atoms with Crippen molar-refractivity contribution < 1.29 is 9.53 Å². The molecule has 1 N–H and O–H groups in total. The summed E-state index contributed by atoms with van der Waals surface area (Å²) in [5, 5.41) is 7.70. The molecule has 2 aliphatic carbocycles. The number of carbonyl (C=O) groups excluding carboxylic acids is 1. The van der Waals surface area contributed by atoms with Crippen LogP contribution >= 0.6 is 0 Å². The van der Waals surface area contributed by atoms with Gasteiger partial charge in [-0.15, -0.1) is 0 Å². The van der Waals surface area contributed by atoms with Crippen LogP contribution in [-0.4, -0.2) is 52.3 Å². The van der Waals surface area contributed by atoms with Gasteiger partial charge in [0.2, 0.25) is 0 Å². The molecule has 0 aromatic carbocycles. The van der Waals surface area contributed by atoms with Gasteiger partial charge >= 0.3 is 0 Å². The molecule has 3 heterocycles. The Kier molecular flexibility index (Phi) is 3.22. The normalized spacial score (nSPS) is 24.3. The summed E-state index contributed by atoms with van der Waals surface area (Å²) in [6.07, 6.45) is 7.88. The molecule has 1 atom stereocenters. The Bertz CT molecular complexity index is 780. The van der Waals surface area contributed by atoms with Crippen molar-refractivity contribution in [2.75, 3.05) is 24.6 Å². The second-order valence-corrected chi connectivity index (χ2v) is 7.01. The lowest BCUT2D eigenvalue weighted by Crippen LogP contribution is -2.50. The Labute approximate surface area is 140 Å². The molecule has 0 spiro atoms. The third kappa shape index (κ3) is 2.62. The number of nitrogens with zero attached hydrogens (tertiary/aromatic N) is 4. The van der Waals surface area contributed by atoms with Crippen molar-refractivity contribution in [3.63, 3.8) is 0 Å². The van der Waals surface area contributed by atoms with E-state index in [0.29, 0.717) is 25.1 Å². The first kappa shape index (κ1) is 14.2. The van der Waals surface area contributed by atoms with Crippen LogP contribution in [-0.2, 0) is 9.53 Å². The van der Waals surface area contributed by atoms with Crippen LogP contribution in [0.15, 0.2) is 18.5 Å². The smallest absolute Gasteiger partial charge is 0.251 e. The van der Waals surface area contributed by atoms with E-state index in [1.165, 1.54) is 12.8 Å². The Morgan fingerprint density at radius 3 is 2.96 bits per heavy atom. The summed E-state index contributed by atoms with van der Waals surface area (Å²) in [6, 6.07) is 2.50. The zero-order valence-electron chi connectivity index (χ0n) is 13.5. The molecule has 2 aromatic rings. The number of ether oxygens (including phenoxy) is 1. The Morgan fingerprint density at radius 2 is 2.17 bits per heavy atom. The van der Waals surface area contributed by atoms with E-state index >= 15 is 0 Å². The maximum Gasteiger partial charge on any atom is 0.251 e. The third-order valence-electron chi connectivity index (χ3n) is 4.97. The van der Waals surface area contributed by atoms with Crippen LogP contribution in [0.5, 0.6) is 0 Å². The molecular weight excluding hydrogens is 306 g/mol. The number of hydrogen-bond acceptors (Lipinski definition) is 5. The van der Waals surface area contributed by atoms with Gasteiger partial charge in [-0.1, -0.05) is 0 Å².